The lowest BCUT2D eigenvalue weighted by Gasteiger charge is -2.13. The maximum Gasteiger partial charge on any atom is 0.145 e. The highest BCUT2D eigenvalue weighted by molar-refractivity contribution is 6.23. The van der Waals surface area contributed by atoms with E-state index in [1.165, 1.54) is 0 Å². The van der Waals surface area contributed by atoms with E-state index >= 15 is 0 Å². The summed E-state index contributed by atoms with van der Waals surface area (Å²) >= 11 is 0. The van der Waals surface area contributed by atoms with Gasteiger partial charge < -0.3 is 8.83 Å². The SMILES string of the molecule is c1ccc(-c2cc(-c3cccc4c3oc3ccccc34)nc(-n3c4ccccc4c4c5oc6ccccc6c5ccc43)c2)cc1. The van der Waals surface area contributed by atoms with Crippen molar-refractivity contribution in [3.8, 4) is 28.2 Å². The minimum absolute atomic E-state index is 0.834. The first-order valence-corrected chi connectivity index (χ1v) is 15.1. The van der Waals surface area contributed by atoms with E-state index in [0.717, 1.165) is 93.9 Å². The second kappa shape index (κ2) is 9.18. The van der Waals surface area contributed by atoms with Gasteiger partial charge in [0.05, 0.1) is 22.1 Å². The summed E-state index contributed by atoms with van der Waals surface area (Å²) in [5.41, 5.74) is 9.65. The fourth-order valence-electron chi connectivity index (χ4n) is 7.00. The van der Waals surface area contributed by atoms with Crippen LogP contribution in [0.15, 0.2) is 154 Å². The van der Waals surface area contributed by atoms with Crippen molar-refractivity contribution in [2.75, 3.05) is 0 Å². The third-order valence-electron chi connectivity index (χ3n) is 9.01. The molecular formula is C41H24N2O2. The molecule has 0 fully saturated rings. The van der Waals surface area contributed by atoms with Crippen LogP contribution in [-0.2, 0) is 0 Å². The summed E-state index contributed by atoms with van der Waals surface area (Å²) < 4.78 is 15.3. The number of hydrogen-bond donors (Lipinski definition) is 0. The molecule has 0 radical (unpaired) electrons. The van der Waals surface area contributed by atoms with Crippen LogP contribution in [0.2, 0.25) is 0 Å². The maximum atomic E-state index is 6.54. The molecule has 4 aromatic heterocycles. The predicted octanol–water partition coefficient (Wildman–Crippen LogP) is 11.3. The Morgan fingerprint density at radius 1 is 0.444 bits per heavy atom. The fraction of sp³-hybridized carbons (Fsp3) is 0. The molecule has 0 aliphatic heterocycles. The highest BCUT2D eigenvalue weighted by atomic mass is 16.3. The Kier molecular flexibility index (Phi) is 4.96. The van der Waals surface area contributed by atoms with Crippen LogP contribution in [0.5, 0.6) is 0 Å². The predicted molar refractivity (Wildman–Crippen MR) is 184 cm³/mol. The number of hydrogen-bond acceptors (Lipinski definition) is 3. The number of nitrogens with zero attached hydrogens (tertiary/aromatic N) is 2. The molecule has 0 spiro atoms. The van der Waals surface area contributed by atoms with Crippen molar-refractivity contribution in [3.05, 3.63) is 146 Å². The van der Waals surface area contributed by atoms with Crippen molar-refractivity contribution in [3.63, 3.8) is 0 Å². The highest BCUT2D eigenvalue weighted by Crippen LogP contribution is 2.42. The molecule has 6 aromatic carbocycles. The van der Waals surface area contributed by atoms with Crippen LogP contribution >= 0.6 is 0 Å². The molecule has 0 N–H and O–H groups in total. The van der Waals surface area contributed by atoms with E-state index in [0.29, 0.717) is 0 Å². The van der Waals surface area contributed by atoms with Gasteiger partial charge >= 0.3 is 0 Å². The lowest BCUT2D eigenvalue weighted by atomic mass is 10.0. The molecule has 0 aliphatic rings. The van der Waals surface area contributed by atoms with Gasteiger partial charge in [0.15, 0.2) is 0 Å². The summed E-state index contributed by atoms with van der Waals surface area (Å²) in [5, 5.41) is 6.64. The Morgan fingerprint density at radius 3 is 1.89 bits per heavy atom. The average molecular weight is 577 g/mol. The third-order valence-corrected chi connectivity index (χ3v) is 9.01. The zero-order chi connectivity index (χ0) is 29.5. The van der Waals surface area contributed by atoms with Gasteiger partial charge in [0, 0.05) is 32.5 Å². The van der Waals surface area contributed by atoms with Gasteiger partial charge in [0.1, 0.15) is 28.1 Å². The zero-order valence-electron chi connectivity index (χ0n) is 24.1. The summed E-state index contributed by atoms with van der Waals surface area (Å²) in [6, 6.07) is 50.5. The van der Waals surface area contributed by atoms with E-state index in [-0.39, 0.29) is 0 Å². The van der Waals surface area contributed by atoms with Gasteiger partial charge in [-0.05, 0) is 59.7 Å². The zero-order valence-corrected chi connectivity index (χ0v) is 24.1. The van der Waals surface area contributed by atoms with Crippen molar-refractivity contribution in [2.24, 2.45) is 0 Å². The van der Waals surface area contributed by atoms with Gasteiger partial charge in [-0.15, -0.1) is 0 Å². The summed E-state index contributed by atoms with van der Waals surface area (Å²) in [5.74, 6) is 0.834. The lowest BCUT2D eigenvalue weighted by Crippen LogP contribution is -2.00. The molecule has 0 amide bonds. The smallest absolute Gasteiger partial charge is 0.145 e. The summed E-state index contributed by atoms with van der Waals surface area (Å²) in [6.45, 7) is 0. The molecule has 0 bridgehead atoms. The maximum absolute atomic E-state index is 6.54. The van der Waals surface area contributed by atoms with E-state index in [9.17, 15) is 0 Å². The van der Waals surface area contributed by atoms with Crippen molar-refractivity contribution >= 4 is 65.7 Å². The van der Waals surface area contributed by atoms with Crippen LogP contribution in [0.3, 0.4) is 0 Å². The normalized spacial score (nSPS) is 12.0. The van der Waals surface area contributed by atoms with Crippen LogP contribution in [0.4, 0.5) is 0 Å². The van der Waals surface area contributed by atoms with Crippen molar-refractivity contribution in [1.82, 2.24) is 9.55 Å². The molecule has 0 saturated heterocycles. The quantitative estimate of drug-likeness (QED) is 0.210. The van der Waals surface area contributed by atoms with Crippen LogP contribution < -0.4 is 0 Å². The van der Waals surface area contributed by atoms with Gasteiger partial charge in [0.2, 0.25) is 0 Å². The van der Waals surface area contributed by atoms with Crippen LogP contribution in [-0.4, -0.2) is 9.55 Å². The van der Waals surface area contributed by atoms with Gasteiger partial charge in [-0.1, -0.05) is 97.1 Å². The third kappa shape index (κ3) is 3.51. The molecule has 10 rings (SSSR count). The largest absolute Gasteiger partial charge is 0.455 e. The first-order chi connectivity index (χ1) is 22.3. The van der Waals surface area contributed by atoms with E-state index in [2.05, 4.69) is 120 Å². The summed E-state index contributed by atoms with van der Waals surface area (Å²) in [6.07, 6.45) is 0. The Morgan fingerprint density at radius 2 is 1.09 bits per heavy atom. The molecule has 45 heavy (non-hydrogen) atoms. The topological polar surface area (TPSA) is 44.1 Å². The van der Waals surface area contributed by atoms with E-state index in [1.54, 1.807) is 0 Å². The van der Waals surface area contributed by atoms with Crippen LogP contribution in [0, 0.1) is 0 Å². The minimum Gasteiger partial charge on any atom is -0.455 e. The molecule has 4 nitrogen and oxygen atoms in total. The van der Waals surface area contributed by atoms with Crippen LogP contribution in [0.1, 0.15) is 0 Å². The van der Waals surface area contributed by atoms with Crippen molar-refractivity contribution < 1.29 is 8.83 Å². The monoisotopic (exact) mass is 576 g/mol. The lowest BCUT2D eigenvalue weighted by molar-refractivity contribution is 0.670. The van der Waals surface area contributed by atoms with Gasteiger partial charge in [-0.3, -0.25) is 4.57 Å². The Balaban J connectivity index is 1.31. The first-order valence-electron chi connectivity index (χ1n) is 15.1. The average Bonchev–Trinajstić information content (AvgIpc) is 3.78. The number of furan rings is 2. The molecule has 0 atom stereocenters. The standard InChI is InChI=1S/C41H24N2O2/c1-2-11-25(12-3-1)26-23-33(31-17-10-16-29-27-13-5-8-19-36(27)44-40(29)31)42-38(24-26)43-34-18-7-4-15-32(34)39-35(43)22-21-30-28-14-6-9-20-37(28)45-41(30)39/h1-24H. The van der Waals surface area contributed by atoms with Gasteiger partial charge in [-0.2, -0.15) is 0 Å². The number of para-hydroxylation sites is 4. The second-order valence-electron chi connectivity index (χ2n) is 11.5. The van der Waals surface area contributed by atoms with Crippen LogP contribution in [0.25, 0.3) is 93.9 Å². The van der Waals surface area contributed by atoms with Gasteiger partial charge in [0.25, 0.3) is 0 Å². The first kappa shape index (κ1) is 24.3. The fourth-order valence-corrected chi connectivity index (χ4v) is 7.00. The second-order valence-corrected chi connectivity index (χ2v) is 11.5. The molecular weight excluding hydrogens is 552 g/mol. The Labute approximate surface area is 257 Å². The molecule has 4 heterocycles. The summed E-state index contributed by atoms with van der Waals surface area (Å²) in [4.78, 5) is 5.39. The number of benzene rings is 6. The number of aromatic nitrogens is 2. The van der Waals surface area contributed by atoms with Gasteiger partial charge in [-0.25, -0.2) is 4.98 Å². The minimum atomic E-state index is 0.834. The molecule has 4 heteroatoms. The Hall–Kier alpha value is -6.13. The highest BCUT2D eigenvalue weighted by Gasteiger charge is 2.21. The number of fused-ring (bicyclic) bond motifs is 10. The molecule has 10 aromatic rings. The number of rotatable bonds is 3. The van der Waals surface area contributed by atoms with E-state index < -0.39 is 0 Å². The van der Waals surface area contributed by atoms with E-state index in [4.69, 9.17) is 13.8 Å². The number of pyridine rings is 1. The van der Waals surface area contributed by atoms with E-state index in [1.807, 2.05) is 30.3 Å². The van der Waals surface area contributed by atoms with Crippen molar-refractivity contribution in [1.29, 1.82) is 0 Å². The van der Waals surface area contributed by atoms with Crippen molar-refractivity contribution in [2.45, 2.75) is 0 Å². The molecule has 0 saturated carbocycles. The molecule has 210 valence electrons. The molecule has 0 unspecified atom stereocenters. The molecule has 0 aliphatic carbocycles. The summed E-state index contributed by atoms with van der Waals surface area (Å²) in [7, 11) is 0. The Bertz CT molecular complexity index is 2760.